The van der Waals surface area contributed by atoms with Crippen LogP contribution in [0.1, 0.15) is 109 Å². The summed E-state index contributed by atoms with van der Waals surface area (Å²) in [5.74, 6) is 0.328. The molecule has 0 saturated heterocycles. The first-order valence-electron chi connectivity index (χ1n) is 15.5. The third-order valence-electron chi connectivity index (χ3n) is 6.98. The minimum Gasteiger partial charge on any atom is -0.508 e. The summed E-state index contributed by atoms with van der Waals surface area (Å²) in [6.45, 7) is 0.867. The number of carbonyl (C=O) groups is 2. The van der Waals surface area contributed by atoms with E-state index in [1.165, 1.54) is 108 Å². The zero-order valence-electron chi connectivity index (χ0n) is 24.6. The summed E-state index contributed by atoms with van der Waals surface area (Å²) >= 11 is 0. The van der Waals surface area contributed by atoms with E-state index in [1.54, 1.807) is 24.3 Å². The first kappa shape index (κ1) is 33.8. The number of carbonyl (C=O) groups excluding carboxylic acids is 2. The molecule has 0 atom stereocenters. The molecule has 8 nitrogen and oxygen atoms in total. The Balaban J connectivity index is 1.23. The molecular formula is C33H50N2O6. The van der Waals surface area contributed by atoms with Gasteiger partial charge in [0.05, 0.1) is 13.2 Å². The number of aromatic hydroxyl groups is 2. The second kappa shape index (κ2) is 22.3. The standard InChI is InChI=1S/C33H50N2O6/c36-30-22-18-28(19-23-30)34-32(38)40-26-16-14-12-10-8-6-4-2-1-3-5-7-9-11-13-15-17-27-41-33(39)35-29-20-24-31(37)25-21-29/h18-25,36-37H,1-17,26-27H2,(H,34,38)(H,35,39). The van der Waals surface area contributed by atoms with Crippen molar-refractivity contribution in [3.8, 4) is 11.5 Å². The van der Waals surface area contributed by atoms with Gasteiger partial charge in [-0.05, 0) is 61.4 Å². The van der Waals surface area contributed by atoms with E-state index < -0.39 is 12.2 Å². The molecule has 0 aliphatic heterocycles. The van der Waals surface area contributed by atoms with Gasteiger partial charge in [0.1, 0.15) is 11.5 Å². The molecule has 0 saturated carbocycles. The molecule has 2 aromatic rings. The van der Waals surface area contributed by atoms with Crippen LogP contribution in [0.3, 0.4) is 0 Å². The monoisotopic (exact) mass is 570 g/mol. The first-order valence-corrected chi connectivity index (χ1v) is 15.5. The molecule has 8 heteroatoms. The van der Waals surface area contributed by atoms with Crippen molar-refractivity contribution in [2.45, 2.75) is 109 Å². The Hall–Kier alpha value is -3.42. The fraction of sp³-hybridized carbons (Fsp3) is 0.576. The zero-order valence-corrected chi connectivity index (χ0v) is 24.6. The molecule has 0 aliphatic carbocycles. The summed E-state index contributed by atoms with van der Waals surface area (Å²) in [4.78, 5) is 23.5. The van der Waals surface area contributed by atoms with Crippen molar-refractivity contribution >= 4 is 23.6 Å². The molecule has 0 aromatic heterocycles. The van der Waals surface area contributed by atoms with Gasteiger partial charge in [0, 0.05) is 11.4 Å². The van der Waals surface area contributed by atoms with Crippen LogP contribution in [-0.2, 0) is 9.47 Å². The van der Waals surface area contributed by atoms with Crippen molar-refractivity contribution in [1.29, 1.82) is 0 Å². The smallest absolute Gasteiger partial charge is 0.411 e. The zero-order chi connectivity index (χ0) is 29.4. The van der Waals surface area contributed by atoms with Gasteiger partial charge in [-0.25, -0.2) is 9.59 Å². The van der Waals surface area contributed by atoms with Crippen LogP contribution in [0.4, 0.5) is 21.0 Å². The molecule has 0 spiro atoms. The maximum absolute atomic E-state index is 11.7. The molecule has 0 radical (unpaired) electrons. The largest absolute Gasteiger partial charge is 0.508 e. The van der Waals surface area contributed by atoms with Crippen molar-refractivity contribution in [2.75, 3.05) is 23.8 Å². The number of amides is 2. The number of phenolic OH excluding ortho intramolecular Hbond substituents is 2. The number of unbranched alkanes of at least 4 members (excludes halogenated alkanes) is 16. The Labute approximate surface area is 245 Å². The van der Waals surface area contributed by atoms with Gasteiger partial charge < -0.3 is 19.7 Å². The van der Waals surface area contributed by atoms with Crippen molar-refractivity contribution < 1.29 is 29.3 Å². The van der Waals surface area contributed by atoms with Crippen LogP contribution in [0.25, 0.3) is 0 Å². The first-order chi connectivity index (χ1) is 20.0. The molecule has 0 heterocycles. The second-order valence-corrected chi connectivity index (χ2v) is 10.6. The molecule has 2 aromatic carbocycles. The predicted molar refractivity (Wildman–Crippen MR) is 165 cm³/mol. The van der Waals surface area contributed by atoms with E-state index in [0.717, 1.165) is 25.7 Å². The average molecular weight is 571 g/mol. The Kier molecular flexibility index (Phi) is 18.4. The highest BCUT2D eigenvalue weighted by molar-refractivity contribution is 5.85. The lowest BCUT2D eigenvalue weighted by Gasteiger charge is -2.07. The van der Waals surface area contributed by atoms with Crippen LogP contribution in [0.5, 0.6) is 11.5 Å². The van der Waals surface area contributed by atoms with E-state index >= 15 is 0 Å². The second-order valence-electron chi connectivity index (χ2n) is 10.6. The predicted octanol–water partition coefficient (Wildman–Crippen LogP) is 9.53. The van der Waals surface area contributed by atoms with Gasteiger partial charge in [-0.15, -0.1) is 0 Å². The maximum atomic E-state index is 11.7. The van der Waals surface area contributed by atoms with Gasteiger partial charge in [0.25, 0.3) is 0 Å². The minimum atomic E-state index is -0.454. The molecule has 0 fully saturated rings. The van der Waals surface area contributed by atoms with Crippen LogP contribution in [0, 0.1) is 0 Å². The molecule has 2 rings (SSSR count). The van der Waals surface area contributed by atoms with Crippen molar-refractivity contribution in [1.82, 2.24) is 0 Å². The third kappa shape index (κ3) is 18.5. The number of benzene rings is 2. The van der Waals surface area contributed by atoms with E-state index in [2.05, 4.69) is 10.6 Å². The van der Waals surface area contributed by atoms with E-state index in [9.17, 15) is 19.8 Å². The number of hydrogen-bond donors (Lipinski definition) is 4. The Morgan fingerprint density at radius 2 is 0.683 bits per heavy atom. The molecule has 0 aliphatic rings. The van der Waals surface area contributed by atoms with E-state index in [1.807, 2.05) is 0 Å². The lowest BCUT2D eigenvalue weighted by atomic mass is 10.0. The lowest BCUT2D eigenvalue weighted by Crippen LogP contribution is -2.14. The molecule has 4 N–H and O–H groups in total. The summed E-state index contributed by atoms with van der Waals surface area (Å²) in [5, 5.41) is 23.8. The van der Waals surface area contributed by atoms with Crippen LogP contribution >= 0.6 is 0 Å². The summed E-state index contributed by atoms with van der Waals surface area (Å²) in [6.07, 6.45) is 19.8. The van der Waals surface area contributed by atoms with Crippen molar-refractivity contribution in [2.24, 2.45) is 0 Å². The fourth-order valence-corrected chi connectivity index (χ4v) is 4.58. The van der Waals surface area contributed by atoms with E-state index in [4.69, 9.17) is 9.47 Å². The summed E-state index contributed by atoms with van der Waals surface area (Å²) in [7, 11) is 0. The highest BCUT2D eigenvalue weighted by atomic mass is 16.6. The van der Waals surface area contributed by atoms with Gasteiger partial charge in [-0.3, -0.25) is 10.6 Å². The highest BCUT2D eigenvalue weighted by Crippen LogP contribution is 2.16. The van der Waals surface area contributed by atoms with Crippen molar-refractivity contribution in [3.63, 3.8) is 0 Å². The minimum absolute atomic E-state index is 0.164. The molecule has 228 valence electrons. The number of anilines is 2. The van der Waals surface area contributed by atoms with E-state index in [-0.39, 0.29) is 11.5 Å². The van der Waals surface area contributed by atoms with Gasteiger partial charge in [-0.2, -0.15) is 0 Å². The number of nitrogens with one attached hydrogen (secondary N) is 2. The summed E-state index contributed by atoms with van der Waals surface area (Å²) in [6, 6.07) is 12.6. The summed E-state index contributed by atoms with van der Waals surface area (Å²) < 4.78 is 10.4. The SMILES string of the molecule is O=C(Nc1ccc(O)cc1)OCCCCCCCCCCCCCCCCCCCOC(=O)Nc1ccc(O)cc1. The Morgan fingerprint density at radius 1 is 0.439 bits per heavy atom. The fourth-order valence-electron chi connectivity index (χ4n) is 4.58. The molecule has 0 unspecified atom stereocenters. The quantitative estimate of drug-likeness (QED) is 0.0827. The third-order valence-corrected chi connectivity index (χ3v) is 6.98. The maximum Gasteiger partial charge on any atom is 0.411 e. The molecular weight excluding hydrogens is 520 g/mol. The van der Waals surface area contributed by atoms with Crippen LogP contribution < -0.4 is 10.6 Å². The van der Waals surface area contributed by atoms with Gasteiger partial charge in [0.15, 0.2) is 0 Å². The summed E-state index contributed by atoms with van der Waals surface area (Å²) in [5.41, 5.74) is 1.22. The topological polar surface area (TPSA) is 117 Å². The normalized spacial score (nSPS) is 10.7. The van der Waals surface area contributed by atoms with Crippen LogP contribution in [0.2, 0.25) is 0 Å². The van der Waals surface area contributed by atoms with Crippen LogP contribution in [-0.4, -0.2) is 35.6 Å². The number of hydrogen-bond acceptors (Lipinski definition) is 6. The molecule has 0 bridgehead atoms. The number of ether oxygens (including phenoxy) is 2. The van der Waals surface area contributed by atoms with Gasteiger partial charge in [-0.1, -0.05) is 96.3 Å². The Bertz CT molecular complexity index is 872. The number of rotatable bonds is 22. The number of phenols is 2. The van der Waals surface area contributed by atoms with Crippen molar-refractivity contribution in [3.05, 3.63) is 48.5 Å². The molecule has 41 heavy (non-hydrogen) atoms. The van der Waals surface area contributed by atoms with Gasteiger partial charge in [0.2, 0.25) is 0 Å². The lowest BCUT2D eigenvalue weighted by molar-refractivity contribution is 0.158. The van der Waals surface area contributed by atoms with Gasteiger partial charge >= 0.3 is 12.2 Å². The average Bonchev–Trinajstić information content (AvgIpc) is 2.96. The van der Waals surface area contributed by atoms with Crippen LogP contribution in [0.15, 0.2) is 48.5 Å². The van der Waals surface area contributed by atoms with E-state index in [0.29, 0.717) is 24.6 Å². The molecule has 2 amide bonds. The Morgan fingerprint density at radius 3 is 0.951 bits per heavy atom. The highest BCUT2D eigenvalue weighted by Gasteiger charge is 2.04.